The highest BCUT2D eigenvalue weighted by molar-refractivity contribution is 5.94. The van der Waals surface area contributed by atoms with Crippen LogP contribution in [0.2, 0.25) is 0 Å². The molecular weight excluding hydrogens is 298 g/mol. The zero-order valence-electron chi connectivity index (χ0n) is 13.4. The lowest BCUT2D eigenvalue weighted by molar-refractivity contribution is -0.144. The molecule has 0 radical (unpaired) electrons. The molecule has 3 N–H and O–H groups in total. The molecular formula is C17H23NO5. The minimum Gasteiger partial charge on any atom is -0.481 e. The third-order valence-electron chi connectivity index (χ3n) is 3.77. The van der Waals surface area contributed by atoms with E-state index in [1.807, 2.05) is 6.92 Å². The summed E-state index contributed by atoms with van der Waals surface area (Å²) in [5.74, 6) is -3.11. The van der Waals surface area contributed by atoms with Crippen LogP contribution in [-0.4, -0.2) is 28.1 Å². The molecule has 1 rings (SSSR count). The van der Waals surface area contributed by atoms with Crippen molar-refractivity contribution in [2.24, 2.45) is 11.8 Å². The number of carboxylic acids is 2. The Morgan fingerprint density at radius 3 is 2.48 bits per heavy atom. The Kier molecular flexibility index (Phi) is 7.25. The molecule has 1 aromatic carbocycles. The van der Waals surface area contributed by atoms with E-state index in [0.29, 0.717) is 12.1 Å². The van der Waals surface area contributed by atoms with Gasteiger partial charge in [-0.2, -0.15) is 0 Å². The highest BCUT2D eigenvalue weighted by Gasteiger charge is 2.26. The maximum Gasteiger partial charge on any atom is 0.335 e. The fourth-order valence-corrected chi connectivity index (χ4v) is 2.45. The lowest BCUT2D eigenvalue weighted by atomic mass is 9.87. The zero-order chi connectivity index (χ0) is 17.4. The zero-order valence-corrected chi connectivity index (χ0v) is 13.4. The minimum atomic E-state index is -1.07. The maximum absolute atomic E-state index is 12.1. The lowest BCUT2D eigenvalue weighted by Crippen LogP contribution is -2.26. The van der Waals surface area contributed by atoms with Crippen LogP contribution in [0.15, 0.2) is 24.3 Å². The maximum atomic E-state index is 12.1. The first-order valence-corrected chi connectivity index (χ1v) is 7.71. The average molecular weight is 321 g/mol. The van der Waals surface area contributed by atoms with Crippen LogP contribution in [0, 0.1) is 11.8 Å². The molecule has 23 heavy (non-hydrogen) atoms. The topological polar surface area (TPSA) is 104 Å². The lowest BCUT2D eigenvalue weighted by Gasteiger charge is -2.19. The van der Waals surface area contributed by atoms with Gasteiger partial charge < -0.3 is 15.5 Å². The number of rotatable bonds is 9. The van der Waals surface area contributed by atoms with Gasteiger partial charge in [0.15, 0.2) is 0 Å². The van der Waals surface area contributed by atoms with Crippen molar-refractivity contribution in [3.63, 3.8) is 0 Å². The van der Waals surface area contributed by atoms with Crippen molar-refractivity contribution < 1.29 is 24.6 Å². The van der Waals surface area contributed by atoms with E-state index in [1.54, 1.807) is 19.1 Å². The minimum absolute atomic E-state index is 0.0813. The molecule has 0 aliphatic rings. The molecule has 126 valence electrons. The van der Waals surface area contributed by atoms with Crippen LogP contribution in [-0.2, 0) is 9.59 Å². The molecule has 0 unspecified atom stereocenters. The fraction of sp³-hybridized carbons (Fsp3) is 0.471. The molecule has 0 bridgehead atoms. The van der Waals surface area contributed by atoms with E-state index in [2.05, 4.69) is 5.32 Å². The number of carboxylic acid groups (broad SMARTS) is 2. The molecule has 1 aromatic rings. The standard InChI is InChI=1S/C17H23NO5/c1-3-4-8-14(17(22)23)11(2)9-15(19)18-13-7-5-6-12(10-13)16(20)21/h5-7,10-11,14H,3-4,8-9H2,1-2H3,(H,18,19)(H,20,21)(H,22,23)/t11-,14-/m0/s1. The second kappa shape index (κ2) is 8.92. The van der Waals surface area contributed by atoms with E-state index < -0.39 is 17.9 Å². The highest BCUT2D eigenvalue weighted by atomic mass is 16.4. The fourth-order valence-electron chi connectivity index (χ4n) is 2.45. The van der Waals surface area contributed by atoms with E-state index in [9.17, 15) is 19.5 Å². The number of aromatic carboxylic acids is 1. The smallest absolute Gasteiger partial charge is 0.335 e. The van der Waals surface area contributed by atoms with E-state index in [1.165, 1.54) is 12.1 Å². The van der Waals surface area contributed by atoms with E-state index in [0.717, 1.165) is 12.8 Å². The van der Waals surface area contributed by atoms with Crippen LogP contribution >= 0.6 is 0 Å². The first-order chi connectivity index (χ1) is 10.8. The van der Waals surface area contributed by atoms with Crippen LogP contribution in [0.25, 0.3) is 0 Å². The number of aliphatic carboxylic acids is 1. The number of hydrogen-bond acceptors (Lipinski definition) is 3. The van der Waals surface area contributed by atoms with Crippen LogP contribution in [0.3, 0.4) is 0 Å². The van der Waals surface area contributed by atoms with Gasteiger partial charge in [-0.3, -0.25) is 9.59 Å². The summed E-state index contributed by atoms with van der Waals surface area (Å²) >= 11 is 0. The Bertz CT molecular complexity index is 570. The molecule has 0 fully saturated rings. The SMILES string of the molecule is CCCC[C@H](C(=O)O)[C@@H](C)CC(=O)Nc1cccc(C(=O)O)c1. The molecule has 2 atom stereocenters. The molecule has 0 heterocycles. The van der Waals surface area contributed by atoms with Gasteiger partial charge in [-0.1, -0.05) is 32.8 Å². The van der Waals surface area contributed by atoms with Crippen molar-refractivity contribution in [2.75, 3.05) is 5.32 Å². The molecule has 6 heteroatoms. The monoisotopic (exact) mass is 321 g/mol. The Hall–Kier alpha value is -2.37. The second-order valence-corrected chi connectivity index (χ2v) is 5.70. The quantitative estimate of drug-likeness (QED) is 0.648. The van der Waals surface area contributed by atoms with E-state index in [-0.39, 0.29) is 23.8 Å². The first-order valence-electron chi connectivity index (χ1n) is 7.71. The average Bonchev–Trinajstić information content (AvgIpc) is 2.47. The number of carbonyl (C=O) groups excluding carboxylic acids is 1. The second-order valence-electron chi connectivity index (χ2n) is 5.70. The summed E-state index contributed by atoms with van der Waals surface area (Å²) in [6, 6.07) is 5.95. The number of amides is 1. The highest BCUT2D eigenvalue weighted by Crippen LogP contribution is 2.23. The first kappa shape index (κ1) is 18.7. The summed E-state index contributed by atoms with van der Waals surface area (Å²) in [5, 5.41) is 20.8. The van der Waals surface area contributed by atoms with Gasteiger partial charge in [-0.15, -0.1) is 0 Å². The molecule has 0 spiro atoms. The Balaban J connectivity index is 2.65. The molecule has 0 aromatic heterocycles. The summed E-state index contributed by atoms with van der Waals surface area (Å²) in [4.78, 5) is 34.3. The third kappa shape index (κ3) is 6.10. The van der Waals surface area contributed by atoms with Gasteiger partial charge in [-0.05, 0) is 30.5 Å². The Labute approximate surface area is 135 Å². The summed E-state index contributed by atoms with van der Waals surface area (Å²) in [5.41, 5.74) is 0.477. The van der Waals surface area contributed by atoms with Gasteiger partial charge in [-0.25, -0.2) is 4.79 Å². The van der Waals surface area contributed by atoms with Crippen molar-refractivity contribution in [1.29, 1.82) is 0 Å². The van der Waals surface area contributed by atoms with Crippen LogP contribution in [0.1, 0.15) is 49.9 Å². The van der Waals surface area contributed by atoms with Gasteiger partial charge >= 0.3 is 11.9 Å². The van der Waals surface area contributed by atoms with Crippen LogP contribution in [0.5, 0.6) is 0 Å². The van der Waals surface area contributed by atoms with Crippen molar-refractivity contribution in [2.45, 2.75) is 39.5 Å². The molecule has 1 amide bonds. The molecule has 6 nitrogen and oxygen atoms in total. The van der Waals surface area contributed by atoms with Gasteiger partial charge in [0.2, 0.25) is 5.91 Å². The van der Waals surface area contributed by atoms with Gasteiger partial charge in [0.05, 0.1) is 11.5 Å². The number of benzene rings is 1. The van der Waals surface area contributed by atoms with Crippen molar-refractivity contribution in [1.82, 2.24) is 0 Å². The van der Waals surface area contributed by atoms with Gasteiger partial charge in [0, 0.05) is 12.1 Å². The normalized spacial score (nSPS) is 13.1. The third-order valence-corrected chi connectivity index (χ3v) is 3.77. The van der Waals surface area contributed by atoms with Gasteiger partial charge in [0.25, 0.3) is 0 Å². The number of carbonyl (C=O) groups is 3. The van der Waals surface area contributed by atoms with Crippen molar-refractivity contribution in [3.05, 3.63) is 29.8 Å². The van der Waals surface area contributed by atoms with E-state index >= 15 is 0 Å². The molecule has 0 saturated heterocycles. The van der Waals surface area contributed by atoms with E-state index in [4.69, 9.17) is 5.11 Å². The van der Waals surface area contributed by atoms with Crippen LogP contribution in [0.4, 0.5) is 5.69 Å². The summed E-state index contributed by atoms with van der Waals surface area (Å²) in [7, 11) is 0. The number of nitrogens with one attached hydrogen (secondary N) is 1. The number of hydrogen-bond donors (Lipinski definition) is 3. The predicted octanol–water partition coefficient (Wildman–Crippen LogP) is 3.24. The van der Waals surface area contributed by atoms with Crippen LogP contribution < -0.4 is 5.32 Å². The molecule has 0 aliphatic heterocycles. The Morgan fingerprint density at radius 1 is 1.22 bits per heavy atom. The largest absolute Gasteiger partial charge is 0.481 e. The summed E-state index contributed by atoms with van der Waals surface area (Å²) in [6.07, 6.45) is 2.35. The molecule has 0 saturated carbocycles. The Morgan fingerprint density at radius 2 is 1.91 bits per heavy atom. The summed E-state index contributed by atoms with van der Waals surface area (Å²) < 4.78 is 0. The summed E-state index contributed by atoms with van der Waals surface area (Å²) in [6.45, 7) is 3.74. The van der Waals surface area contributed by atoms with Crippen molar-refractivity contribution in [3.8, 4) is 0 Å². The number of unbranched alkanes of at least 4 members (excludes halogenated alkanes) is 1. The molecule has 0 aliphatic carbocycles. The number of anilines is 1. The predicted molar refractivity (Wildman–Crippen MR) is 86.5 cm³/mol. The van der Waals surface area contributed by atoms with Crippen molar-refractivity contribution >= 4 is 23.5 Å². The van der Waals surface area contributed by atoms with Gasteiger partial charge in [0.1, 0.15) is 0 Å².